The van der Waals surface area contributed by atoms with Crippen LogP contribution in [0.4, 0.5) is 5.69 Å². The summed E-state index contributed by atoms with van der Waals surface area (Å²) in [6.07, 6.45) is 1.54. The van der Waals surface area contributed by atoms with E-state index in [0.717, 1.165) is 10.0 Å². The fourth-order valence-corrected chi connectivity index (χ4v) is 4.49. The van der Waals surface area contributed by atoms with Crippen molar-refractivity contribution in [2.24, 2.45) is 5.10 Å². The molecule has 0 radical (unpaired) electrons. The standard InChI is InChI=1S/C27H24Br2N4O4/c1-4-36-24-12-18(14-30-33-17(3)31-23-10-7-19(28)13-21(23)27(33)35)11-22(29)26(24)37-15-25(34)32-20-8-5-16(2)6-9-20/h5-14H,4,15H2,1-3H3,(H,32,34). The van der Waals surface area contributed by atoms with Crippen LogP contribution in [0.5, 0.6) is 11.5 Å². The summed E-state index contributed by atoms with van der Waals surface area (Å²) in [6, 6.07) is 16.4. The Labute approximate surface area is 230 Å². The van der Waals surface area contributed by atoms with Crippen LogP contribution in [0.2, 0.25) is 0 Å². The van der Waals surface area contributed by atoms with E-state index >= 15 is 0 Å². The molecule has 0 aliphatic rings. The molecule has 37 heavy (non-hydrogen) atoms. The lowest BCUT2D eigenvalue weighted by atomic mass is 10.2. The minimum absolute atomic E-state index is 0.201. The van der Waals surface area contributed by atoms with E-state index in [1.807, 2.05) is 44.2 Å². The summed E-state index contributed by atoms with van der Waals surface area (Å²) >= 11 is 6.90. The molecule has 1 amide bonds. The third kappa shape index (κ3) is 6.44. The normalized spacial score (nSPS) is 11.2. The van der Waals surface area contributed by atoms with E-state index < -0.39 is 0 Å². The van der Waals surface area contributed by atoms with Crippen molar-refractivity contribution in [2.45, 2.75) is 20.8 Å². The van der Waals surface area contributed by atoms with Crippen molar-refractivity contribution >= 4 is 60.6 Å². The summed E-state index contributed by atoms with van der Waals surface area (Å²) < 4.78 is 14.2. The number of benzene rings is 3. The summed E-state index contributed by atoms with van der Waals surface area (Å²) in [4.78, 5) is 29.9. The molecule has 0 atom stereocenters. The Balaban J connectivity index is 1.56. The van der Waals surface area contributed by atoms with Crippen LogP contribution in [0.25, 0.3) is 10.9 Å². The van der Waals surface area contributed by atoms with E-state index in [4.69, 9.17) is 9.47 Å². The number of nitrogens with zero attached hydrogens (tertiary/aromatic N) is 3. The van der Waals surface area contributed by atoms with Crippen LogP contribution in [0.15, 0.2) is 73.4 Å². The van der Waals surface area contributed by atoms with Gasteiger partial charge in [0.1, 0.15) is 5.82 Å². The molecule has 0 saturated carbocycles. The number of nitrogens with one attached hydrogen (secondary N) is 1. The number of anilines is 1. The number of amides is 1. The van der Waals surface area contributed by atoms with E-state index in [9.17, 15) is 9.59 Å². The van der Waals surface area contributed by atoms with Crippen LogP contribution in [-0.4, -0.2) is 35.0 Å². The van der Waals surface area contributed by atoms with E-state index in [0.29, 0.717) is 50.6 Å². The Morgan fingerprint density at radius 2 is 1.84 bits per heavy atom. The second-order valence-corrected chi connectivity index (χ2v) is 9.92. The van der Waals surface area contributed by atoms with Gasteiger partial charge in [0.05, 0.1) is 28.2 Å². The van der Waals surface area contributed by atoms with Gasteiger partial charge in [0.15, 0.2) is 18.1 Å². The Morgan fingerprint density at radius 3 is 2.57 bits per heavy atom. The molecule has 1 aromatic heterocycles. The van der Waals surface area contributed by atoms with Gasteiger partial charge in [-0.1, -0.05) is 33.6 Å². The maximum absolute atomic E-state index is 13.0. The van der Waals surface area contributed by atoms with Gasteiger partial charge in [-0.25, -0.2) is 4.98 Å². The number of aryl methyl sites for hydroxylation is 2. The molecular weight excluding hydrogens is 604 g/mol. The van der Waals surface area contributed by atoms with Crippen molar-refractivity contribution in [3.63, 3.8) is 0 Å². The van der Waals surface area contributed by atoms with Crippen LogP contribution >= 0.6 is 31.9 Å². The monoisotopic (exact) mass is 626 g/mol. The van der Waals surface area contributed by atoms with Gasteiger partial charge in [0.2, 0.25) is 0 Å². The highest BCUT2D eigenvalue weighted by molar-refractivity contribution is 9.10. The zero-order chi connectivity index (χ0) is 26.5. The number of carbonyl (C=O) groups is 1. The predicted molar refractivity (Wildman–Crippen MR) is 152 cm³/mol. The molecule has 10 heteroatoms. The molecule has 0 aliphatic heterocycles. The first-order valence-electron chi connectivity index (χ1n) is 11.4. The zero-order valence-corrected chi connectivity index (χ0v) is 23.6. The second-order valence-electron chi connectivity index (χ2n) is 8.15. The fourth-order valence-electron chi connectivity index (χ4n) is 3.56. The lowest BCUT2D eigenvalue weighted by Gasteiger charge is -2.14. The molecule has 0 fully saturated rings. The molecule has 4 aromatic rings. The van der Waals surface area contributed by atoms with Gasteiger partial charge < -0.3 is 14.8 Å². The summed E-state index contributed by atoms with van der Waals surface area (Å²) in [5.74, 6) is 0.989. The molecule has 0 spiro atoms. The van der Waals surface area contributed by atoms with Gasteiger partial charge in [0, 0.05) is 10.2 Å². The number of hydrogen-bond acceptors (Lipinski definition) is 6. The average Bonchev–Trinajstić information content (AvgIpc) is 2.85. The van der Waals surface area contributed by atoms with Crippen LogP contribution in [0.3, 0.4) is 0 Å². The molecule has 0 aliphatic carbocycles. The Hall–Kier alpha value is -3.50. The highest BCUT2D eigenvalue weighted by atomic mass is 79.9. The molecular formula is C27H24Br2N4O4. The average molecular weight is 628 g/mol. The summed E-state index contributed by atoms with van der Waals surface area (Å²) in [5.41, 5.74) is 2.78. The number of hydrogen-bond donors (Lipinski definition) is 1. The highest BCUT2D eigenvalue weighted by Crippen LogP contribution is 2.36. The minimum atomic E-state index is -0.297. The maximum atomic E-state index is 13.0. The van der Waals surface area contributed by atoms with Crippen molar-refractivity contribution in [3.05, 3.63) is 90.8 Å². The first kappa shape index (κ1) is 26.6. The molecule has 1 N–H and O–H groups in total. The van der Waals surface area contributed by atoms with Crippen LogP contribution in [0, 0.1) is 13.8 Å². The molecule has 0 saturated heterocycles. The largest absolute Gasteiger partial charge is 0.490 e. The highest BCUT2D eigenvalue weighted by Gasteiger charge is 2.15. The molecule has 0 unspecified atom stereocenters. The molecule has 8 nitrogen and oxygen atoms in total. The van der Waals surface area contributed by atoms with Gasteiger partial charge in [-0.05, 0) is 84.7 Å². The van der Waals surface area contributed by atoms with Crippen LogP contribution < -0.4 is 20.3 Å². The molecule has 4 rings (SSSR count). The third-order valence-corrected chi connectivity index (χ3v) is 6.39. The van der Waals surface area contributed by atoms with Gasteiger partial charge >= 0.3 is 0 Å². The molecule has 190 valence electrons. The molecule has 0 bridgehead atoms. The number of rotatable bonds is 8. The topological polar surface area (TPSA) is 94.8 Å². The number of halogens is 2. The van der Waals surface area contributed by atoms with Crippen molar-refractivity contribution in [2.75, 3.05) is 18.5 Å². The minimum Gasteiger partial charge on any atom is -0.490 e. The summed E-state index contributed by atoms with van der Waals surface area (Å²) in [6.45, 7) is 5.74. The lowest BCUT2D eigenvalue weighted by molar-refractivity contribution is -0.118. The Morgan fingerprint density at radius 1 is 1.08 bits per heavy atom. The Kier molecular flexibility index (Phi) is 8.40. The van der Waals surface area contributed by atoms with Crippen LogP contribution in [0.1, 0.15) is 23.9 Å². The zero-order valence-electron chi connectivity index (χ0n) is 20.4. The van der Waals surface area contributed by atoms with Crippen molar-refractivity contribution in [1.82, 2.24) is 9.66 Å². The number of aromatic nitrogens is 2. The van der Waals surface area contributed by atoms with Gasteiger partial charge in [-0.3, -0.25) is 9.59 Å². The second kappa shape index (κ2) is 11.7. The van der Waals surface area contributed by atoms with E-state index in [-0.39, 0.29) is 18.1 Å². The fraction of sp³-hybridized carbons (Fsp3) is 0.185. The van der Waals surface area contributed by atoms with Crippen LogP contribution in [-0.2, 0) is 4.79 Å². The quantitative estimate of drug-likeness (QED) is 0.248. The van der Waals surface area contributed by atoms with Crippen molar-refractivity contribution in [1.29, 1.82) is 0 Å². The van der Waals surface area contributed by atoms with E-state index in [1.54, 1.807) is 37.4 Å². The summed E-state index contributed by atoms with van der Waals surface area (Å²) in [7, 11) is 0. The maximum Gasteiger partial charge on any atom is 0.282 e. The summed E-state index contributed by atoms with van der Waals surface area (Å²) in [5, 5.41) is 7.64. The van der Waals surface area contributed by atoms with Gasteiger partial charge in [-0.2, -0.15) is 9.78 Å². The first-order chi connectivity index (χ1) is 17.7. The SMILES string of the molecule is CCOc1cc(C=Nn2c(C)nc3ccc(Br)cc3c2=O)cc(Br)c1OCC(=O)Nc1ccc(C)cc1. The molecule has 1 heterocycles. The van der Waals surface area contributed by atoms with Crippen molar-refractivity contribution < 1.29 is 14.3 Å². The smallest absolute Gasteiger partial charge is 0.282 e. The van der Waals surface area contributed by atoms with Crippen molar-refractivity contribution in [3.8, 4) is 11.5 Å². The van der Waals surface area contributed by atoms with E-state index in [1.165, 1.54) is 4.68 Å². The van der Waals surface area contributed by atoms with E-state index in [2.05, 4.69) is 47.3 Å². The van der Waals surface area contributed by atoms with Gasteiger partial charge in [-0.15, -0.1) is 0 Å². The number of ether oxygens (including phenoxy) is 2. The number of fused-ring (bicyclic) bond motifs is 1. The Bertz CT molecular complexity index is 1550. The van der Waals surface area contributed by atoms with Gasteiger partial charge in [0.25, 0.3) is 11.5 Å². The lowest BCUT2D eigenvalue weighted by Crippen LogP contribution is -2.21. The number of carbonyl (C=O) groups excluding carboxylic acids is 1. The predicted octanol–water partition coefficient (Wildman–Crippen LogP) is 5.84. The molecule has 3 aromatic carbocycles. The third-order valence-electron chi connectivity index (χ3n) is 5.31. The first-order valence-corrected chi connectivity index (χ1v) is 13.0.